The number of ether oxygens (including phenoxy) is 2. The number of methoxy groups -OCH3 is 1. The summed E-state index contributed by atoms with van der Waals surface area (Å²) in [5.74, 6) is -1.04. The number of nitrogens with one attached hydrogen (secondary N) is 2. The summed E-state index contributed by atoms with van der Waals surface area (Å²) in [6, 6.07) is 7.67. The Labute approximate surface area is 287 Å². The molecule has 1 atom stereocenters. The first-order valence-corrected chi connectivity index (χ1v) is 17.4. The minimum atomic E-state index is -0.596. The number of hydrogen-bond donors (Lipinski definition) is 2. The zero-order chi connectivity index (χ0) is 34.9. The summed E-state index contributed by atoms with van der Waals surface area (Å²) in [4.78, 5) is 54.1. The van der Waals surface area contributed by atoms with E-state index in [1.807, 2.05) is 24.3 Å². The van der Waals surface area contributed by atoms with Crippen molar-refractivity contribution in [2.75, 3.05) is 85.3 Å². The molecule has 12 nitrogen and oxygen atoms in total. The molecule has 1 aromatic heterocycles. The van der Waals surface area contributed by atoms with E-state index in [0.717, 1.165) is 82.4 Å². The number of rotatable bonds is 23. The van der Waals surface area contributed by atoms with E-state index >= 15 is 0 Å². The van der Waals surface area contributed by atoms with Crippen LogP contribution in [-0.4, -0.2) is 117 Å². The van der Waals surface area contributed by atoms with E-state index in [-0.39, 0.29) is 36.0 Å². The van der Waals surface area contributed by atoms with Gasteiger partial charge in [-0.2, -0.15) is 9.97 Å². The lowest BCUT2D eigenvalue weighted by atomic mass is 9.95. The third-order valence-corrected chi connectivity index (χ3v) is 8.47. The predicted molar refractivity (Wildman–Crippen MR) is 190 cm³/mol. The molecule has 0 radical (unpaired) electrons. The Bertz CT molecular complexity index is 1320. The maximum absolute atomic E-state index is 13.2. The third kappa shape index (κ3) is 13.5. The van der Waals surface area contributed by atoms with Gasteiger partial charge in [-0.15, -0.1) is 0 Å². The van der Waals surface area contributed by atoms with Crippen LogP contribution in [0.25, 0.3) is 0 Å². The van der Waals surface area contributed by atoms with Crippen LogP contribution in [-0.2, 0) is 32.0 Å². The molecule has 2 heterocycles. The van der Waals surface area contributed by atoms with E-state index in [1.54, 1.807) is 0 Å². The second-order valence-corrected chi connectivity index (χ2v) is 13.1. The molecule has 266 valence electrons. The molecule has 0 spiro atoms. The van der Waals surface area contributed by atoms with Crippen LogP contribution in [0.3, 0.4) is 0 Å². The normalized spacial score (nSPS) is 14.0. The van der Waals surface area contributed by atoms with Gasteiger partial charge in [-0.05, 0) is 111 Å². The topological polar surface area (TPSA) is 129 Å². The molecule has 1 aromatic carbocycles. The van der Waals surface area contributed by atoms with Crippen LogP contribution in [0.4, 0.5) is 11.5 Å². The first-order valence-electron chi connectivity index (χ1n) is 17.4. The molecule has 12 heteroatoms. The van der Waals surface area contributed by atoms with Crippen LogP contribution < -0.4 is 15.4 Å². The highest BCUT2D eigenvalue weighted by Crippen LogP contribution is 2.39. The lowest BCUT2D eigenvalue weighted by Crippen LogP contribution is -2.28. The summed E-state index contributed by atoms with van der Waals surface area (Å²) in [5, 5.41) is 5.82. The number of nitrogens with zero attached hydrogens (tertiary/aromatic N) is 5. The molecule has 1 unspecified atom stereocenters. The van der Waals surface area contributed by atoms with Crippen LogP contribution in [0.15, 0.2) is 24.3 Å². The maximum atomic E-state index is 13.2. The molecule has 1 aliphatic rings. The molecular weight excluding hydrogens is 610 g/mol. The van der Waals surface area contributed by atoms with Crippen LogP contribution in [0, 0.1) is 0 Å². The molecule has 1 aliphatic heterocycles. The minimum Gasteiger partial charge on any atom is -0.469 e. The summed E-state index contributed by atoms with van der Waals surface area (Å²) in [6.45, 7) is 7.91. The van der Waals surface area contributed by atoms with Crippen LogP contribution in [0.2, 0.25) is 0 Å². The van der Waals surface area contributed by atoms with Crippen molar-refractivity contribution in [3.05, 3.63) is 41.1 Å². The van der Waals surface area contributed by atoms with Crippen LogP contribution in [0.1, 0.15) is 81.0 Å². The zero-order valence-electron chi connectivity index (χ0n) is 30.0. The fourth-order valence-electron chi connectivity index (χ4n) is 5.69. The molecule has 0 fully saturated rings. The Morgan fingerprint density at radius 3 is 2.27 bits per heavy atom. The van der Waals surface area contributed by atoms with Gasteiger partial charge < -0.3 is 34.8 Å². The summed E-state index contributed by atoms with van der Waals surface area (Å²) in [5.41, 5.74) is 2.60. The van der Waals surface area contributed by atoms with Gasteiger partial charge in [-0.1, -0.05) is 44.0 Å². The lowest BCUT2D eigenvalue weighted by Gasteiger charge is -2.21. The number of esters is 1. The van der Waals surface area contributed by atoms with Gasteiger partial charge in [0.05, 0.1) is 31.7 Å². The van der Waals surface area contributed by atoms with E-state index < -0.39 is 5.92 Å². The molecule has 0 saturated heterocycles. The quantitative estimate of drug-likeness (QED) is 0.130. The fraction of sp³-hybridized carbons (Fsp3) is 0.639. The number of amides is 2. The summed E-state index contributed by atoms with van der Waals surface area (Å²) in [6.07, 6.45) is 7.72. The van der Waals surface area contributed by atoms with Gasteiger partial charge in [0.15, 0.2) is 5.82 Å². The second-order valence-electron chi connectivity index (χ2n) is 13.1. The average molecular weight is 668 g/mol. The third-order valence-electron chi connectivity index (χ3n) is 8.47. The number of fused-ring (bicyclic) bond motifs is 1. The van der Waals surface area contributed by atoms with Gasteiger partial charge in [0.1, 0.15) is 5.69 Å². The van der Waals surface area contributed by atoms with Gasteiger partial charge in [0.2, 0.25) is 11.8 Å². The number of anilines is 2. The molecular formula is C36H57N7O5. The molecule has 2 N–H and O–H groups in total. The first-order chi connectivity index (χ1) is 23.1. The van der Waals surface area contributed by atoms with Crippen molar-refractivity contribution in [3.8, 4) is 6.01 Å². The number of aromatic nitrogens is 2. The largest absolute Gasteiger partial charge is 0.469 e. The van der Waals surface area contributed by atoms with E-state index in [4.69, 9.17) is 9.47 Å². The van der Waals surface area contributed by atoms with Crippen LogP contribution >= 0.6 is 0 Å². The Morgan fingerprint density at radius 2 is 1.58 bits per heavy atom. The first kappa shape index (κ1) is 38.8. The number of benzene rings is 1. The highest BCUT2D eigenvalue weighted by Gasteiger charge is 2.36. The smallest absolute Gasteiger partial charge is 0.318 e. The van der Waals surface area contributed by atoms with Crippen molar-refractivity contribution in [2.24, 2.45) is 0 Å². The zero-order valence-corrected chi connectivity index (χ0v) is 30.0. The number of unbranched alkanes of at least 4 members (excludes halogenated alkanes) is 3. The van der Waals surface area contributed by atoms with Crippen molar-refractivity contribution >= 4 is 29.3 Å². The monoisotopic (exact) mass is 667 g/mol. The van der Waals surface area contributed by atoms with Crippen molar-refractivity contribution in [1.29, 1.82) is 0 Å². The summed E-state index contributed by atoms with van der Waals surface area (Å²) in [7, 11) is 9.94. The van der Waals surface area contributed by atoms with Gasteiger partial charge >= 0.3 is 12.0 Å². The van der Waals surface area contributed by atoms with E-state index in [1.165, 1.54) is 13.5 Å². The van der Waals surface area contributed by atoms with Gasteiger partial charge in [0.25, 0.3) is 0 Å². The average Bonchev–Trinajstić information content (AvgIpc) is 3.35. The molecule has 0 bridgehead atoms. The van der Waals surface area contributed by atoms with Crippen LogP contribution in [0.5, 0.6) is 6.01 Å². The van der Waals surface area contributed by atoms with Crippen molar-refractivity contribution < 1.29 is 23.9 Å². The fourth-order valence-corrected chi connectivity index (χ4v) is 5.69. The Balaban J connectivity index is 1.53. The van der Waals surface area contributed by atoms with Crippen molar-refractivity contribution in [1.82, 2.24) is 24.7 Å². The Morgan fingerprint density at radius 1 is 0.896 bits per heavy atom. The number of carbonyl (C=O) groups is 3. The molecule has 2 amide bonds. The van der Waals surface area contributed by atoms with E-state index in [2.05, 4.69) is 70.4 Å². The predicted octanol–water partition coefficient (Wildman–Crippen LogP) is 4.35. The van der Waals surface area contributed by atoms with Crippen molar-refractivity contribution in [2.45, 2.75) is 77.0 Å². The van der Waals surface area contributed by atoms with E-state index in [0.29, 0.717) is 30.8 Å². The van der Waals surface area contributed by atoms with E-state index in [9.17, 15) is 14.4 Å². The Hall–Kier alpha value is -3.61. The highest BCUT2D eigenvalue weighted by molar-refractivity contribution is 6.07. The maximum Gasteiger partial charge on any atom is 0.318 e. The lowest BCUT2D eigenvalue weighted by molar-refractivity contribution is -0.139. The molecule has 2 aromatic rings. The number of carbonyl (C=O) groups excluding carboxylic acids is 3. The highest BCUT2D eigenvalue weighted by atomic mass is 16.5. The molecule has 0 saturated carbocycles. The van der Waals surface area contributed by atoms with Gasteiger partial charge in [-0.25, -0.2) is 0 Å². The van der Waals surface area contributed by atoms with Gasteiger partial charge in [0, 0.05) is 6.42 Å². The van der Waals surface area contributed by atoms with Gasteiger partial charge in [-0.3, -0.25) is 14.4 Å². The minimum absolute atomic E-state index is 0.140. The molecule has 0 aliphatic carbocycles. The van der Waals surface area contributed by atoms with Crippen molar-refractivity contribution in [3.63, 3.8) is 0 Å². The summed E-state index contributed by atoms with van der Waals surface area (Å²) < 4.78 is 10.6. The second kappa shape index (κ2) is 20.7. The number of hydrogen-bond acceptors (Lipinski definition) is 10. The molecule has 48 heavy (non-hydrogen) atoms. The SMILES string of the molecule is CCCCOc1nc(NC(=O)CCCCCN(C)CCCN(C)CCCN(C)C)c2c(n1)C(Cc1cccc(CC(=O)OC)c1)C(=O)N2. The molecule has 3 rings (SSSR count). The standard InChI is InChI=1S/C36H57N7O5/c1-7-8-23-48-36-39-32-29(25-27-15-12-16-28(24-27)26-31(45)47-6)35(46)38-33(32)34(40-36)37-30(44)17-10-9-11-19-42(4)21-14-22-43(5)20-13-18-41(2)3/h12,15-16,24,29H,7-11,13-14,17-23,25-26H2,1-6H3,(H,38,46)(H,37,39,40,44). The summed E-state index contributed by atoms with van der Waals surface area (Å²) >= 11 is 0. The Kier molecular flexibility index (Phi) is 16.7.